The van der Waals surface area contributed by atoms with Gasteiger partial charge in [-0.15, -0.1) is 0 Å². The summed E-state index contributed by atoms with van der Waals surface area (Å²) in [6, 6.07) is 8.64. The van der Waals surface area contributed by atoms with Gasteiger partial charge in [0, 0.05) is 6.04 Å². The van der Waals surface area contributed by atoms with E-state index in [4.69, 9.17) is 0 Å². The fourth-order valence-electron chi connectivity index (χ4n) is 2.22. The SMILES string of the molecule is Cc1ccccc1C[C@@H]1NCCC[C@H]1O. The molecule has 1 aliphatic rings. The van der Waals surface area contributed by atoms with Crippen LogP contribution < -0.4 is 5.32 Å². The van der Waals surface area contributed by atoms with Gasteiger partial charge in [-0.2, -0.15) is 0 Å². The van der Waals surface area contributed by atoms with Gasteiger partial charge in [-0.25, -0.2) is 0 Å². The molecule has 2 rings (SSSR count). The van der Waals surface area contributed by atoms with Crippen molar-refractivity contribution >= 4 is 0 Å². The predicted octanol–water partition coefficient (Wildman–Crippen LogP) is 1.65. The Balaban J connectivity index is 2.04. The van der Waals surface area contributed by atoms with E-state index in [9.17, 15) is 5.11 Å². The Kier molecular flexibility index (Phi) is 3.39. The molecule has 1 aliphatic heterocycles. The molecule has 0 spiro atoms. The minimum atomic E-state index is -0.182. The highest BCUT2D eigenvalue weighted by atomic mass is 16.3. The van der Waals surface area contributed by atoms with Gasteiger partial charge < -0.3 is 10.4 Å². The number of aliphatic hydroxyl groups excluding tert-OH is 1. The van der Waals surface area contributed by atoms with Gasteiger partial charge in [0.2, 0.25) is 0 Å². The number of nitrogens with one attached hydrogen (secondary N) is 1. The Morgan fingerprint density at radius 2 is 2.20 bits per heavy atom. The molecule has 1 heterocycles. The van der Waals surface area contributed by atoms with Crippen molar-refractivity contribution in [2.24, 2.45) is 0 Å². The average Bonchev–Trinajstić information content (AvgIpc) is 2.24. The lowest BCUT2D eigenvalue weighted by molar-refractivity contribution is 0.0963. The van der Waals surface area contributed by atoms with Crippen LogP contribution >= 0.6 is 0 Å². The molecule has 1 aromatic rings. The third-order valence-electron chi connectivity index (χ3n) is 3.25. The molecule has 0 aliphatic carbocycles. The van der Waals surface area contributed by atoms with Crippen molar-refractivity contribution in [1.29, 1.82) is 0 Å². The van der Waals surface area contributed by atoms with Crippen molar-refractivity contribution in [2.75, 3.05) is 6.54 Å². The summed E-state index contributed by atoms with van der Waals surface area (Å²) in [5.41, 5.74) is 2.66. The first-order chi connectivity index (χ1) is 7.27. The molecule has 0 bridgehead atoms. The Morgan fingerprint density at radius 1 is 1.40 bits per heavy atom. The number of hydrogen-bond donors (Lipinski definition) is 2. The van der Waals surface area contributed by atoms with Gasteiger partial charge in [-0.3, -0.25) is 0 Å². The van der Waals surface area contributed by atoms with E-state index >= 15 is 0 Å². The summed E-state index contributed by atoms with van der Waals surface area (Å²) in [6.45, 7) is 3.16. The molecule has 0 unspecified atom stereocenters. The molecule has 2 atom stereocenters. The highest BCUT2D eigenvalue weighted by Gasteiger charge is 2.22. The van der Waals surface area contributed by atoms with Gasteiger partial charge in [-0.05, 0) is 43.9 Å². The van der Waals surface area contributed by atoms with Crippen LogP contribution in [0, 0.1) is 6.92 Å². The lowest BCUT2D eigenvalue weighted by atomic mass is 9.93. The molecule has 1 aromatic carbocycles. The van der Waals surface area contributed by atoms with Gasteiger partial charge >= 0.3 is 0 Å². The van der Waals surface area contributed by atoms with E-state index in [0.717, 1.165) is 25.8 Å². The maximum atomic E-state index is 9.86. The molecular formula is C13H19NO. The molecule has 1 saturated heterocycles. The van der Waals surface area contributed by atoms with Crippen LogP contribution in [0.3, 0.4) is 0 Å². The molecule has 2 N–H and O–H groups in total. The van der Waals surface area contributed by atoms with Gasteiger partial charge in [-0.1, -0.05) is 24.3 Å². The van der Waals surface area contributed by atoms with Gasteiger partial charge in [0.15, 0.2) is 0 Å². The van der Waals surface area contributed by atoms with Gasteiger partial charge in [0.05, 0.1) is 6.10 Å². The summed E-state index contributed by atoms with van der Waals surface area (Å²) < 4.78 is 0. The first kappa shape index (κ1) is 10.7. The van der Waals surface area contributed by atoms with Crippen LogP contribution in [-0.4, -0.2) is 23.8 Å². The van der Waals surface area contributed by atoms with Crippen LogP contribution in [0.5, 0.6) is 0 Å². The average molecular weight is 205 g/mol. The number of rotatable bonds is 2. The van der Waals surface area contributed by atoms with E-state index in [0.29, 0.717) is 0 Å². The predicted molar refractivity (Wildman–Crippen MR) is 61.9 cm³/mol. The molecule has 0 radical (unpaired) electrons. The molecule has 0 saturated carbocycles. The van der Waals surface area contributed by atoms with E-state index in [1.165, 1.54) is 11.1 Å². The number of hydrogen-bond acceptors (Lipinski definition) is 2. The second kappa shape index (κ2) is 4.77. The molecule has 82 valence electrons. The van der Waals surface area contributed by atoms with Gasteiger partial charge in [0.1, 0.15) is 0 Å². The fraction of sp³-hybridized carbons (Fsp3) is 0.538. The molecular weight excluding hydrogens is 186 g/mol. The third-order valence-corrected chi connectivity index (χ3v) is 3.25. The topological polar surface area (TPSA) is 32.3 Å². The molecule has 15 heavy (non-hydrogen) atoms. The van der Waals surface area contributed by atoms with Crippen molar-refractivity contribution in [3.8, 4) is 0 Å². The summed E-state index contributed by atoms with van der Waals surface area (Å²) >= 11 is 0. The van der Waals surface area contributed by atoms with Gasteiger partial charge in [0.25, 0.3) is 0 Å². The second-order valence-electron chi connectivity index (χ2n) is 4.40. The van der Waals surface area contributed by atoms with Crippen LogP contribution in [0.1, 0.15) is 24.0 Å². The Morgan fingerprint density at radius 3 is 2.93 bits per heavy atom. The molecule has 2 heteroatoms. The molecule has 0 aromatic heterocycles. The van der Waals surface area contributed by atoms with Crippen molar-refractivity contribution in [1.82, 2.24) is 5.32 Å². The minimum Gasteiger partial charge on any atom is -0.391 e. The van der Waals surface area contributed by atoms with E-state index < -0.39 is 0 Å². The lowest BCUT2D eigenvalue weighted by Crippen LogP contribution is -2.46. The molecule has 0 amide bonds. The zero-order valence-electron chi connectivity index (χ0n) is 9.24. The quantitative estimate of drug-likeness (QED) is 0.769. The minimum absolute atomic E-state index is 0.182. The van der Waals surface area contributed by atoms with E-state index in [1.807, 2.05) is 0 Å². The zero-order valence-corrected chi connectivity index (χ0v) is 9.24. The maximum absolute atomic E-state index is 9.86. The zero-order chi connectivity index (χ0) is 10.7. The number of piperidine rings is 1. The highest BCUT2D eigenvalue weighted by molar-refractivity contribution is 5.26. The summed E-state index contributed by atoms with van der Waals surface area (Å²) in [6.07, 6.45) is 2.78. The number of benzene rings is 1. The summed E-state index contributed by atoms with van der Waals surface area (Å²) in [4.78, 5) is 0. The first-order valence-electron chi connectivity index (χ1n) is 5.73. The van der Waals surface area contributed by atoms with Crippen LogP contribution in [0.2, 0.25) is 0 Å². The maximum Gasteiger partial charge on any atom is 0.0696 e. The van der Waals surface area contributed by atoms with Crippen LogP contribution in [0.15, 0.2) is 24.3 Å². The number of aliphatic hydroxyl groups is 1. The highest BCUT2D eigenvalue weighted by Crippen LogP contribution is 2.15. The van der Waals surface area contributed by atoms with E-state index in [2.05, 4.69) is 36.5 Å². The summed E-state index contributed by atoms with van der Waals surface area (Å²) in [7, 11) is 0. The third kappa shape index (κ3) is 2.58. The number of aryl methyl sites for hydroxylation is 1. The van der Waals surface area contributed by atoms with Crippen LogP contribution in [-0.2, 0) is 6.42 Å². The second-order valence-corrected chi connectivity index (χ2v) is 4.40. The van der Waals surface area contributed by atoms with Crippen molar-refractivity contribution < 1.29 is 5.11 Å². The summed E-state index contributed by atoms with van der Waals surface area (Å²) in [5.74, 6) is 0. The van der Waals surface area contributed by atoms with Crippen molar-refractivity contribution in [2.45, 2.75) is 38.3 Å². The van der Waals surface area contributed by atoms with Crippen LogP contribution in [0.4, 0.5) is 0 Å². The smallest absolute Gasteiger partial charge is 0.0696 e. The van der Waals surface area contributed by atoms with Crippen LogP contribution in [0.25, 0.3) is 0 Å². The van der Waals surface area contributed by atoms with E-state index in [-0.39, 0.29) is 12.1 Å². The normalized spacial score (nSPS) is 26.5. The largest absolute Gasteiger partial charge is 0.391 e. The van der Waals surface area contributed by atoms with Crippen molar-refractivity contribution in [3.05, 3.63) is 35.4 Å². The Hall–Kier alpha value is -0.860. The standard InChI is InChI=1S/C13H19NO/c1-10-5-2-3-6-11(10)9-12-13(15)7-4-8-14-12/h2-3,5-6,12-15H,4,7-9H2,1H3/t12-,13+/m0/s1. The van der Waals surface area contributed by atoms with E-state index in [1.54, 1.807) is 0 Å². The fourth-order valence-corrected chi connectivity index (χ4v) is 2.22. The first-order valence-corrected chi connectivity index (χ1v) is 5.73. The Labute approximate surface area is 91.3 Å². The molecule has 1 fully saturated rings. The molecule has 2 nitrogen and oxygen atoms in total. The van der Waals surface area contributed by atoms with Crippen molar-refractivity contribution in [3.63, 3.8) is 0 Å². The Bertz CT molecular complexity index is 324. The lowest BCUT2D eigenvalue weighted by Gasteiger charge is -2.29. The monoisotopic (exact) mass is 205 g/mol. The summed E-state index contributed by atoms with van der Waals surface area (Å²) in [5, 5.41) is 13.3.